The van der Waals surface area contributed by atoms with Crippen molar-refractivity contribution in [2.24, 2.45) is 11.8 Å². The Morgan fingerprint density at radius 1 is 1.28 bits per heavy atom. The molecule has 1 aromatic carbocycles. The van der Waals surface area contributed by atoms with Crippen molar-refractivity contribution in [1.29, 1.82) is 0 Å². The number of hydrogen-bond acceptors (Lipinski definition) is 2. The molecule has 2 aliphatic rings. The Hall–Kier alpha value is -1.02. The van der Waals surface area contributed by atoms with Gasteiger partial charge in [0.15, 0.2) is 0 Å². The molecule has 98 valence electrons. The molecule has 1 N–H and O–H groups in total. The summed E-state index contributed by atoms with van der Waals surface area (Å²) in [6, 6.07) is 6.76. The summed E-state index contributed by atoms with van der Waals surface area (Å²) in [5.41, 5.74) is 2.90. The average molecular weight is 245 g/mol. The van der Waals surface area contributed by atoms with E-state index in [1.807, 2.05) is 0 Å². The van der Waals surface area contributed by atoms with Crippen LogP contribution in [-0.2, 0) is 12.8 Å². The quantitative estimate of drug-likeness (QED) is 0.861. The van der Waals surface area contributed by atoms with Crippen molar-refractivity contribution >= 4 is 0 Å². The van der Waals surface area contributed by atoms with Gasteiger partial charge in [0.1, 0.15) is 5.75 Å². The van der Waals surface area contributed by atoms with Crippen molar-refractivity contribution in [2.75, 3.05) is 20.2 Å². The highest BCUT2D eigenvalue weighted by atomic mass is 16.5. The number of hydrogen-bond donors (Lipinski definition) is 1. The second kappa shape index (κ2) is 5.31. The molecule has 0 spiro atoms. The molecule has 1 aliphatic carbocycles. The number of aryl methyl sites for hydroxylation is 1. The molecule has 1 fully saturated rings. The number of nitrogens with one attached hydrogen (secondary N) is 1. The van der Waals surface area contributed by atoms with Crippen molar-refractivity contribution in [2.45, 2.75) is 32.1 Å². The molecule has 18 heavy (non-hydrogen) atoms. The van der Waals surface area contributed by atoms with Crippen LogP contribution in [0.25, 0.3) is 0 Å². The summed E-state index contributed by atoms with van der Waals surface area (Å²) in [6.45, 7) is 2.06. The number of benzene rings is 1. The predicted molar refractivity (Wildman–Crippen MR) is 74.1 cm³/mol. The van der Waals surface area contributed by atoms with E-state index in [0.717, 1.165) is 30.6 Å². The fourth-order valence-electron chi connectivity index (χ4n) is 3.30. The summed E-state index contributed by atoms with van der Waals surface area (Å²) in [7, 11) is 2.07. The first-order chi connectivity index (χ1) is 8.86. The fraction of sp³-hybridized carbons (Fsp3) is 0.625. The van der Waals surface area contributed by atoms with Crippen molar-refractivity contribution in [3.63, 3.8) is 0 Å². The number of rotatable bonds is 5. The Labute approximate surface area is 110 Å². The SMILES string of the molecule is CNCC1CCC1CCc1ccc2c(c1)CCO2. The lowest BCUT2D eigenvalue weighted by Gasteiger charge is -2.36. The molecule has 0 aromatic heterocycles. The summed E-state index contributed by atoms with van der Waals surface area (Å²) in [5.74, 6) is 2.98. The van der Waals surface area contributed by atoms with Crippen LogP contribution in [0.3, 0.4) is 0 Å². The van der Waals surface area contributed by atoms with Crippen molar-refractivity contribution in [3.05, 3.63) is 29.3 Å². The van der Waals surface area contributed by atoms with Gasteiger partial charge in [-0.3, -0.25) is 0 Å². The van der Waals surface area contributed by atoms with E-state index in [-0.39, 0.29) is 0 Å². The second-order valence-corrected chi connectivity index (χ2v) is 5.73. The van der Waals surface area contributed by atoms with E-state index in [1.165, 1.54) is 43.4 Å². The Bertz CT molecular complexity index is 416. The van der Waals surface area contributed by atoms with Crippen LogP contribution in [0.5, 0.6) is 5.75 Å². The van der Waals surface area contributed by atoms with Crippen LogP contribution in [0.15, 0.2) is 18.2 Å². The van der Waals surface area contributed by atoms with Crippen LogP contribution in [0, 0.1) is 11.8 Å². The summed E-state index contributed by atoms with van der Waals surface area (Å²) in [4.78, 5) is 0. The third-order valence-electron chi connectivity index (χ3n) is 4.60. The largest absolute Gasteiger partial charge is 0.493 e. The molecule has 0 amide bonds. The van der Waals surface area contributed by atoms with Gasteiger partial charge in [0.25, 0.3) is 0 Å². The molecule has 2 nitrogen and oxygen atoms in total. The smallest absolute Gasteiger partial charge is 0.122 e. The zero-order valence-electron chi connectivity index (χ0n) is 11.2. The normalized spacial score (nSPS) is 25.4. The molecule has 2 atom stereocenters. The van der Waals surface area contributed by atoms with Gasteiger partial charge in [-0.05, 0) is 68.3 Å². The van der Waals surface area contributed by atoms with E-state index in [9.17, 15) is 0 Å². The van der Waals surface area contributed by atoms with Gasteiger partial charge in [-0.1, -0.05) is 12.1 Å². The van der Waals surface area contributed by atoms with Gasteiger partial charge >= 0.3 is 0 Å². The van der Waals surface area contributed by atoms with Crippen LogP contribution >= 0.6 is 0 Å². The van der Waals surface area contributed by atoms with E-state index < -0.39 is 0 Å². The molecule has 0 saturated heterocycles. The van der Waals surface area contributed by atoms with E-state index in [2.05, 4.69) is 30.6 Å². The molecular formula is C16H23NO. The first-order valence-corrected chi connectivity index (χ1v) is 7.26. The Balaban J connectivity index is 1.54. The lowest BCUT2D eigenvalue weighted by molar-refractivity contribution is 0.163. The maximum absolute atomic E-state index is 5.55. The highest BCUT2D eigenvalue weighted by Gasteiger charge is 2.29. The average Bonchev–Trinajstić information content (AvgIpc) is 2.82. The van der Waals surface area contributed by atoms with Crippen molar-refractivity contribution in [1.82, 2.24) is 5.32 Å². The molecule has 1 saturated carbocycles. The molecule has 1 aromatic rings. The molecule has 0 radical (unpaired) electrons. The van der Waals surface area contributed by atoms with Gasteiger partial charge in [-0.2, -0.15) is 0 Å². The minimum absolute atomic E-state index is 0.867. The number of ether oxygens (including phenoxy) is 1. The van der Waals surface area contributed by atoms with E-state index in [4.69, 9.17) is 4.74 Å². The van der Waals surface area contributed by atoms with Gasteiger partial charge in [-0.15, -0.1) is 0 Å². The lowest BCUT2D eigenvalue weighted by atomic mass is 9.71. The van der Waals surface area contributed by atoms with E-state index in [1.54, 1.807) is 0 Å². The van der Waals surface area contributed by atoms with Crippen molar-refractivity contribution < 1.29 is 4.74 Å². The second-order valence-electron chi connectivity index (χ2n) is 5.73. The van der Waals surface area contributed by atoms with Crippen LogP contribution in [0.4, 0.5) is 0 Å². The molecule has 3 rings (SSSR count). The molecule has 1 aliphatic heterocycles. The monoisotopic (exact) mass is 245 g/mol. The molecule has 0 bridgehead atoms. The third kappa shape index (κ3) is 2.39. The minimum atomic E-state index is 0.867. The van der Waals surface area contributed by atoms with E-state index in [0.29, 0.717) is 0 Å². The summed E-state index contributed by atoms with van der Waals surface area (Å²) in [6.07, 6.45) is 6.53. The first-order valence-electron chi connectivity index (χ1n) is 7.26. The van der Waals surface area contributed by atoms with Gasteiger partial charge < -0.3 is 10.1 Å². The highest BCUT2D eigenvalue weighted by Crippen LogP contribution is 2.37. The number of fused-ring (bicyclic) bond motifs is 1. The molecule has 2 unspecified atom stereocenters. The van der Waals surface area contributed by atoms with Gasteiger partial charge in [0, 0.05) is 6.42 Å². The zero-order chi connectivity index (χ0) is 12.4. The van der Waals surface area contributed by atoms with Gasteiger partial charge in [0.2, 0.25) is 0 Å². The molecule has 1 heterocycles. The Morgan fingerprint density at radius 2 is 2.17 bits per heavy atom. The standard InChI is InChI=1S/C16H23NO/c1-17-11-15-6-5-13(15)4-2-12-3-7-16-14(10-12)8-9-18-16/h3,7,10,13,15,17H,2,4-6,8-9,11H2,1H3. The maximum Gasteiger partial charge on any atom is 0.122 e. The third-order valence-corrected chi connectivity index (χ3v) is 4.60. The van der Waals surface area contributed by atoms with Crippen molar-refractivity contribution in [3.8, 4) is 5.75 Å². The Morgan fingerprint density at radius 3 is 2.94 bits per heavy atom. The predicted octanol–water partition coefficient (Wildman–Crippen LogP) is 2.80. The summed E-state index contributed by atoms with van der Waals surface area (Å²) >= 11 is 0. The minimum Gasteiger partial charge on any atom is -0.493 e. The zero-order valence-corrected chi connectivity index (χ0v) is 11.2. The molecular weight excluding hydrogens is 222 g/mol. The van der Waals surface area contributed by atoms with Gasteiger partial charge in [-0.25, -0.2) is 0 Å². The van der Waals surface area contributed by atoms with E-state index >= 15 is 0 Å². The topological polar surface area (TPSA) is 21.3 Å². The Kier molecular flexibility index (Phi) is 3.55. The van der Waals surface area contributed by atoms with Crippen LogP contribution in [-0.4, -0.2) is 20.2 Å². The van der Waals surface area contributed by atoms with Crippen LogP contribution < -0.4 is 10.1 Å². The van der Waals surface area contributed by atoms with Gasteiger partial charge in [0.05, 0.1) is 6.61 Å². The summed E-state index contributed by atoms with van der Waals surface area (Å²) in [5, 5.41) is 3.32. The van der Waals surface area contributed by atoms with Crippen LogP contribution in [0.2, 0.25) is 0 Å². The lowest BCUT2D eigenvalue weighted by Crippen LogP contribution is -2.34. The fourth-order valence-corrected chi connectivity index (χ4v) is 3.30. The summed E-state index contributed by atoms with van der Waals surface area (Å²) < 4.78 is 5.55. The highest BCUT2D eigenvalue weighted by molar-refractivity contribution is 5.39. The first kappa shape index (κ1) is 12.0. The van der Waals surface area contributed by atoms with Crippen LogP contribution in [0.1, 0.15) is 30.4 Å². The molecule has 2 heteroatoms. The maximum atomic E-state index is 5.55.